The summed E-state index contributed by atoms with van der Waals surface area (Å²) in [5.41, 5.74) is 42.9. The first-order valence-electron chi connectivity index (χ1n) is 28.5. The van der Waals surface area contributed by atoms with Gasteiger partial charge < -0.3 is 65.0 Å². The minimum absolute atomic E-state index is 0. The fourth-order valence-electron chi connectivity index (χ4n) is 10.6. The van der Waals surface area contributed by atoms with E-state index >= 15 is 0 Å². The first-order chi connectivity index (χ1) is 42.0. The first-order valence-corrected chi connectivity index (χ1v) is 29.3. The smallest absolute Gasteiger partial charge is 0.872 e. The van der Waals surface area contributed by atoms with Crippen molar-refractivity contribution in [1.82, 2.24) is 9.80 Å². The zero-order valence-electron chi connectivity index (χ0n) is 50.2. The molecular weight excluding hydrogens is 1220 g/mol. The van der Waals surface area contributed by atoms with Crippen molar-refractivity contribution >= 4 is 79.2 Å². The zero-order chi connectivity index (χ0) is 63.0. The Morgan fingerprint density at radius 1 is 0.273 bits per heavy atom. The van der Waals surface area contributed by atoms with Crippen LogP contribution < -0.4 is 98.5 Å². The molecule has 0 spiro atoms. The molecule has 14 nitrogen and oxygen atoms in total. The molecule has 0 unspecified atom stereocenters. The fraction of sp³-hybridized carbons (Fsp3) is 0.206. The first kappa shape index (κ1) is 79.6. The largest absolute Gasteiger partial charge is 3.00 e. The van der Waals surface area contributed by atoms with Gasteiger partial charge in [0.15, 0.2) is 0 Å². The monoisotopic (exact) mass is 1300 g/mol. The van der Waals surface area contributed by atoms with Gasteiger partial charge in [0.25, 0.3) is 0 Å². The molecule has 2 radical (unpaired) electrons. The van der Waals surface area contributed by atoms with E-state index in [9.17, 15) is 20.4 Å². The molecule has 0 saturated heterocycles. The maximum atomic E-state index is 10.7. The molecule has 20 heteroatoms. The number of aliphatic hydroxyl groups is 2. The third-order valence-corrected chi connectivity index (χ3v) is 15.0. The van der Waals surface area contributed by atoms with Crippen LogP contribution in [-0.2, 0) is 34.7 Å². The second-order valence-electron chi connectivity index (χ2n) is 19.4. The van der Waals surface area contributed by atoms with Gasteiger partial charge in [-0.05, 0) is 0 Å². The van der Waals surface area contributed by atoms with Crippen molar-refractivity contribution in [2.75, 3.05) is 92.8 Å². The molecule has 0 aliphatic rings. The summed E-state index contributed by atoms with van der Waals surface area (Å²) >= 11 is 10.2. The number of rotatable bonds is 20. The molecule has 0 fully saturated rings. The normalized spacial score (nSPS) is 10.3. The molecule has 0 saturated carbocycles. The molecule has 0 amide bonds. The van der Waals surface area contributed by atoms with Crippen LogP contribution in [0.2, 0.25) is 10.0 Å². The molecule has 9 aromatic rings. The van der Waals surface area contributed by atoms with E-state index in [2.05, 4.69) is 252 Å². The molecule has 14 N–H and O–H groups in total. The molecule has 0 atom stereocenters. The summed E-state index contributed by atoms with van der Waals surface area (Å²) in [5.74, 6) is -4.92. The Balaban J connectivity index is 0.000000572. The number of benzene rings is 9. The summed E-state index contributed by atoms with van der Waals surface area (Å²) in [6.07, 6.45) is -2.43. The van der Waals surface area contributed by atoms with Crippen molar-refractivity contribution < 1.29 is 65.4 Å². The molecule has 0 aliphatic heterocycles. The number of nitrogens with zero attached hydrogens (tertiary/aromatic N) is 2. The van der Waals surface area contributed by atoms with Crippen LogP contribution in [0.4, 0.5) is 0 Å². The third kappa shape index (κ3) is 22.5. The van der Waals surface area contributed by atoms with E-state index < -0.39 is 45.3 Å². The molecule has 464 valence electrons. The summed E-state index contributed by atoms with van der Waals surface area (Å²) in [5, 5.41) is 55.0. The average Bonchev–Trinajstić information content (AvgIpc) is 0.917. The van der Waals surface area contributed by atoms with Crippen molar-refractivity contribution in [3.05, 3.63) is 253 Å². The van der Waals surface area contributed by atoms with Crippen LogP contribution in [0.25, 0.3) is 0 Å². The predicted octanol–water partition coefficient (Wildman–Crippen LogP) is 0.957. The standard InChI is InChI=1S/2C24H20B.C6H4Cl2O4.2C6H18N4.2CH4O.2Cr/c2*1-5-13-21(14-6-1)25(22-15-7-2-8-16-22,23-17-9-3-10-18-23)24-19-11-4-12-20-24;7-1-3(9)5(11)2(8)6(12)4(1)10;2*7-1-4-10(5-2-8)6-3-9;2*1-2;;/h2*1-20H;9-12H;2*1-9H2;2*2H,1H3;;/q2*-1;;;;;;2*+3/p-4. The van der Waals surface area contributed by atoms with Gasteiger partial charge >= 0.3 is 34.7 Å². The Bertz CT molecular complexity index is 2520. The number of hydrogen-bond acceptors (Lipinski definition) is 14. The maximum absolute atomic E-state index is 10.7. The van der Waals surface area contributed by atoms with Gasteiger partial charge in [-0.3, -0.25) is 9.80 Å². The van der Waals surface area contributed by atoms with Gasteiger partial charge in [0.1, 0.15) is 12.3 Å². The Morgan fingerprint density at radius 3 is 0.489 bits per heavy atom. The van der Waals surface area contributed by atoms with Gasteiger partial charge in [-0.15, -0.1) is 0 Å². The minimum atomic E-state index is -1.23. The third-order valence-electron chi connectivity index (χ3n) is 14.3. The van der Waals surface area contributed by atoms with Crippen molar-refractivity contribution in [3.8, 4) is 23.0 Å². The van der Waals surface area contributed by atoms with Gasteiger partial charge in [0.2, 0.25) is 0 Å². The van der Waals surface area contributed by atoms with Crippen LogP contribution >= 0.6 is 23.2 Å². The number of aliphatic hydroxyl groups excluding tert-OH is 2. The Morgan fingerprint density at radius 2 is 0.386 bits per heavy atom. The van der Waals surface area contributed by atoms with Crippen molar-refractivity contribution in [2.24, 2.45) is 34.4 Å². The van der Waals surface area contributed by atoms with E-state index in [4.69, 9.17) is 67.8 Å². The topological polar surface area (TPSA) is 295 Å². The van der Waals surface area contributed by atoms with E-state index in [1.165, 1.54) is 43.7 Å². The molecule has 0 aliphatic carbocycles. The molecule has 0 aromatic heterocycles. The van der Waals surface area contributed by atoms with Crippen LogP contribution in [0, 0.1) is 0 Å². The fourth-order valence-corrected chi connectivity index (χ4v) is 11.0. The van der Waals surface area contributed by atoms with Crippen LogP contribution in [0.1, 0.15) is 0 Å². The SMILES string of the molecule is CO.CO.NCCN(CCN)CCN.NCCN(CCN)CCN.[Cr+3].[Cr+3].[O-]c1c([O-])c(Cl)c([O-])c([O-])c1Cl.c1ccc([B-](c2ccccc2)(c2ccccc2)c2ccccc2)cc1.c1ccc([B-](c2ccccc2)(c2ccccc2)c2ccccc2)cc1. The van der Waals surface area contributed by atoms with Crippen molar-refractivity contribution in [3.63, 3.8) is 0 Å². The van der Waals surface area contributed by atoms with E-state index in [1.807, 2.05) is 0 Å². The second-order valence-corrected chi connectivity index (χ2v) is 20.1. The Kier molecular flexibility index (Phi) is 41.4. The van der Waals surface area contributed by atoms with Gasteiger partial charge in [-0.2, -0.15) is 43.7 Å². The summed E-state index contributed by atoms with van der Waals surface area (Å²) in [7, 11) is 2.00. The zero-order valence-corrected chi connectivity index (χ0v) is 54.3. The molecule has 9 aromatic carbocycles. The van der Waals surface area contributed by atoms with E-state index in [0.717, 1.165) is 53.5 Å². The Labute approximate surface area is 553 Å². The van der Waals surface area contributed by atoms with Crippen LogP contribution in [0.15, 0.2) is 243 Å². The maximum Gasteiger partial charge on any atom is 3.00 e. The molecule has 0 bridgehead atoms. The molecular formula is C68H84B2Cl2Cr2N8O6. The predicted molar refractivity (Wildman–Crippen MR) is 358 cm³/mol. The summed E-state index contributed by atoms with van der Waals surface area (Å²) in [4.78, 5) is 4.33. The van der Waals surface area contributed by atoms with Crippen LogP contribution in [0.5, 0.6) is 23.0 Å². The van der Waals surface area contributed by atoms with Crippen LogP contribution in [0.3, 0.4) is 0 Å². The Hall–Kier alpha value is -6.45. The van der Waals surface area contributed by atoms with E-state index in [0.29, 0.717) is 39.3 Å². The summed E-state index contributed by atoms with van der Waals surface area (Å²) < 4.78 is 0. The van der Waals surface area contributed by atoms with E-state index in [1.54, 1.807) is 0 Å². The minimum Gasteiger partial charge on any atom is -0.872 e. The van der Waals surface area contributed by atoms with Gasteiger partial charge in [-0.25, -0.2) is 0 Å². The number of hydrogen-bond donors (Lipinski definition) is 8. The molecule has 88 heavy (non-hydrogen) atoms. The molecule has 9 rings (SSSR count). The average molecular weight is 1310 g/mol. The van der Waals surface area contributed by atoms with Gasteiger partial charge in [0.05, 0.1) is 0 Å². The number of halogens is 2. The van der Waals surface area contributed by atoms with Crippen LogP contribution in [-0.4, -0.2) is 125 Å². The summed E-state index contributed by atoms with van der Waals surface area (Å²) in [6.45, 7) is 9.47. The quantitative estimate of drug-likeness (QED) is 0.0494. The second kappa shape index (κ2) is 45.8. The van der Waals surface area contributed by atoms with Crippen molar-refractivity contribution in [2.45, 2.75) is 0 Å². The van der Waals surface area contributed by atoms with E-state index in [-0.39, 0.29) is 34.7 Å². The number of nitrogens with two attached hydrogens (primary N) is 6. The summed E-state index contributed by atoms with van der Waals surface area (Å²) in [6, 6.07) is 87.1. The molecule has 0 heterocycles. The van der Waals surface area contributed by atoms with Gasteiger partial charge in [0, 0.05) is 103 Å². The van der Waals surface area contributed by atoms with Gasteiger partial charge in [-0.1, -0.05) is 289 Å². The van der Waals surface area contributed by atoms with Crippen molar-refractivity contribution in [1.29, 1.82) is 0 Å².